The molecule has 2 aliphatic heterocycles. The van der Waals surface area contributed by atoms with Crippen LogP contribution in [0, 0.1) is 0 Å². The van der Waals surface area contributed by atoms with Crippen LogP contribution in [-0.2, 0) is 6.54 Å². The van der Waals surface area contributed by atoms with Crippen molar-refractivity contribution in [2.45, 2.75) is 37.9 Å². The molecule has 1 aromatic carbocycles. The zero-order chi connectivity index (χ0) is 13.2. The van der Waals surface area contributed by atoms with Gasteiger partial charge in [0.25, 0.3) is 0 Å². The van der Waals surface area contributed by atoms with E-state index in [1.807, 2.05) is 6.08 Å². The number of likely N-dealkylation sites (N-methyl/N-ethyl adjacent to an activating group) is 1. The standard InChI is InChI=1S/C17H24N2/c1-3-14-5-4-6-15(11-14)12-19-10-9-16-7-8-17(13-19)18(16)2/h3-6,11,16-17H,1,7-10,12-13H2,2H3/t16-,17+/m0/s1. The van der Waals surface area contributed by atoms with Gasteiger partial charge in [0.15, 0.2) is 0 Å². The normalized spacial score (nSPS) is 28.3. The first-order valence-electron chi connectivity index (χ1n) is 7.42. The van der Waals surface area contributed by atoms with Gasteiger partial charge >= 0.3 is 0 Å². The number of likely N-dealkylation sites (tertiary alicyclic amines) is 1. The second kappa shape index (κ2) is 5.48. The first kappa shape index (κ1) is 12.9. The first-order chi connectivity index (χ1) is 9.26. The van der Waals surface area contributed by atoms with Gasteiger partial charge in [0.1, 0.15) is 0 Å². The fourth-order valence-electron chi connectivity index (χ4n) is 3.60. The Kier molecular flexibility index (Phi) is 3.72. The first-order valence-corrected chi connectivity index (χ1v) is 7.42. The molecule has 2 fully saturated rings. The van der Waals surface area contributed by atoms with E-state index < -0.39 is 0 Å². The van der Waals surface area contributed by atoms with E-state index in [1.165, 1.54) is 43.5 Å². The largest absolute Gasteiger partial charge is 0.299 e. The third-order valence-corrected chi connectivity index (χ3v) is 4.83. The number of hydrogen-bond acceptors (Lipinski definition) is 2. The molecule has 1 aromatic rings. The van der Waals surface area contributed by atoms with Crippen molar-refractivity contribution >= 4 is 6.08 Å². The molecule has 2 atom stereocenters. The van der Waals surface area contributed by atoms with Gasteiger partial charge in [-0.1, -0.05) is 36.9 Å². The van der Waals surface area contributed by atoms with Crippen LogP contribution in [0.4, 0.5) is 0 Å². The van der Waals surface area contributed by atoms with Gasteiger partial charge in [0.05, 0.1) is 0 Å². The Morgan fingerprint density at radius 2 is 2.11 bits per heavy atom. The van der Waals surface area contributed by atoms with Gasteiger partial charge in [0, 0.05) is 31.7 Å². The van der Waals surface area contributed by atoms with Gasteiger partial charge in [-0.25, -0.2) is 0 Å². The maximum atomic E-state index is 3.85. The Hall–Kier alpha value is -1.12. The van der Waals surface area contributed by atoms with E-state index in [0.29, 0.717) is 0 Å². The Bertz CT molecular complexity index is 454. The topological polar surface area (TPSA) is 6.48 Å². The summed E-state index contributed by atoms with van der Waals surface area (Å²) in [7, 11) is 2.31. The minimum atomic E-state index is 0.773. The molecule has 0 aromatic heterocycles. The van der Waals surface area contributed by atoms with Crippen molar-refractivity contribution in [2.75, 3.05) is 20.1 Å². The van der Waals surface area contributed by atoms with Crippen molar-refractivity contribution in [1.82, 2.24) is 9.80 Å². The summed E-state index contributed by atoms with van der Waals surface area (Å²) in [6.07, 6.45) is 6.04. The van der Waals surface area contributed by atoms with Crippen LogP contribution in [0.3, 0.4) is 0 Å². The molecule has 2 nitrogen and oxygen atoms in total. The van der Waals surface area contributed by atoms with Gasteiger partial charge in [-0.15, -0.1) is 0 Å². The molecule has 2 heterocycles. The van der Waals surface area contributed by atoms with Crippen molar-refractivity contribution in [3.8, 4) is 0 Å². The number of fused-ring (bicyclic) bond motifs is 2. The van der Waals surface area contributed by atoms with Gasteiger partial charge in [-0.2, -0.15) is 0 Å². The molecular weight excluding hydrogens is 232 g/mol. The summed E-state index contributed by atoms with van der Waals surface area (Å²) in [6.45, 7) is 7.40. The van der Waals surface area contributed by atoms with Crippen LogP contribution in [0.25, 0.3) is 6.08 Å². The average molecular weight is 256 g/mol. The Morgan fingerprint density at radius 3 is 2.95 bits per heavy atom. The van der Waals surface area contributed by atoms with Crippen LogP contribution < -0.4 is 0 Å². The molecule has 0 N–H and O–H groups in total. The molecular formula is C17H24N2. The lowest BCUT2D eigenvalue weighted by molar-refractivity contribution is 0.214. The maximum absolute atomic E-state index is 3.85. The lowest BCUT2D eigenvalue weighted by atomic mass is 10.1. The van der Waals surface area contributed by atoms with E-state index in [4.69, 9.17) is 0 Å². The van der Waals surface area contributed by atoms with E-state index in [0.717, 1.165) is 18.6 Å². The van der Waals surface area contributed by atoms with Crippen LogP contribution in [0.1, 0.15) is 30.4 Å². The van der Waals surface area contributed by atoms with Crippen LogP contribution in [-0.4, -0.2) is 42.0 Å². The van der Waals surface area contributed by atoms with Crippen LogP contribution >= 0.6 is 0 Å². The fourth-order valence-corrected chi connectivity index (χ4v) is 3.60. The summed E-state index contributed by atoms with van der Waals surface area (Å²) in [5, 5.41) is 0. The molecule has 19 heavy (non-hydrogen) atoms. The lowest BCUT2D eigenvalue weighted by Gasteiger charge is -2.25. The van der Waals surface area contributed by atoms with Crippen LogP contribution in [0.15, 0.2) is 30.8 Å². The molecule has 0 spiro atoms. The monoisotopic (exact) mass is 256 g/mol. The Balaban J connectivity index is 1.68. The number of nitrogens with zero attached hydrogens (tertiary/aromatic N) is 2. The highest BCUT2D eigenvalue weighted by Crippen LogP contribution is 2.29. The zero-order valence-corrected chi connectivity index (χ0v) is 11.9. The fraction of sp³-hybridized carbons (Fsp3) is 0.529. The highest BCUT2D eigenvalue weighted by atomic mass is 15.3. The second-order valence-electron chi connectivity index (χ2n) is 6.02. The summed E-state index contributed by atoms with van der Waals surface area (Å²) in [5.74, 6) is 0. The molecule has 2 aliphatic rings. The van der Waals surface area contributed by atoms with Crippen molar-refractivity contribution < 1.29 is 0 Å². The second-order valence-corrected chi connectivity index (χ2v) is 6.02. The van der Waals surface area contributed by atoms with E-state index in [1.54, 1.807) is 0 Å². The summed E-state index contributed by atoms with van der Waals surface area (Å²) in [6, 6.07) is 10.4. The Labute approximate surface area is 116 Å². The average Bonchev–Trinajstić information content (AvgIpc) is 2.67. The smallest absolute Gasteiger partial charge is 0.0234 e. The molecule has 2 saturated heterocycles. The van der Waals surface area contributed by atoms with Crippen LogP contribution in [0.2, 0.25) is 0 Å². The summed E-state index contributed by atoms with van der Waals surface area (Å²) in [5.41, 5.74) is 2.64. The third kappa shape index (κ3) is 2.75. The molecule has 0 saturated carbocycles. The molecule has 0 unspecified atom stereocenters. The SMILES string of the molecule is C=Cc1cccc(CN2CC[C@@H]3CC[C@H](C2)N3C)c1. The van der Waals surface area contributed by atoms with Crippen LogP contribution in [0.5, 0.6) is 0 Å². The lowest BCUT2D eigenvalue weighted by Crippen LogP contribution is -2.36. The minimum Gasteiger partial charge on any atom is -0.299 e. The molecule has 2 bridgehead atoms. The minimum absolute atomic E-state index is 0.773. The number of hydrogen-bond donors (Lipinski definition) is 0. The van der Waals surface area contributed by atoms with Gasteiger partial charge in [0.2, 0.25) is 0 Å². The van der Waals surface area contributed by atoms with Crippen molar-refractivity contribution in [3.63, 3.8) is 0 Å². The Morgan fingerprint density at radius 1 is 1.26 bits per heavy atom. The molecule has 0 aliphatic carbocycles. The molecule has 3 rings (SSSR count). The summed E-state index contributed by atoms with van der Waals surface area (Å²) < 4.78 is 0. The highest BCUT2D eigenvalue weighted by molar-refractivity contribution is 5.47. The quantitative estimate of drug-likeness (QED) is 0.820. The summed E-state index contributed by atoms with van der Waals surface area (Å²) >= 11 is 0. The van der Waals surface area contributed by atoms with Gasteiger partial charge in [-0.3, -0.25) is 9.80 Å². The van der Waals surface area contributed by atoms with Crippen molar-refractivity contribution in [2.24, 2.45) is 0 Å². The van der Waals surface area contributed by atoms with E-state index in [2.05, 4.69) is 47.7 Å². The van der Waals surface area contributed by atoms with E-state index in [9.17, 15) is 0 Å². The predicted molar refractivity (Wildman–Crippen MR) is 81.0 cm³/mol. The third-order valence-electron chi connectivity index (χ3n) is 4.83. The molecule has 0 radical (unpaired) electrons. The zero-order valence-electron chi connectivity index (χ0n) is 11.9. The van der Waals surface area contributed by atoms with Crippen molar-refractivity contribution in [3.05, 3.63) is 42.0 Å². The van der Waals surface area contributed by atoms with Gasteiger partial charge in [-0.05, 0) is 37.4 Å². The van der Waals surface area contributed by atoms with E-state index in [-0.39, 0.29) is 0 Å². The van der Waals surface area contributed by atoms with Gasteiger partial charge < -0.3 is 0 Å². The van der Waals surface area contributed by atoms with Crippen molar-refractivity contribution in [1.29, 1.82) is 0 Å². The molecule has 102 valence electrons. The number of benzene rings is 1. The summed E-state index contributed by atoms with van der Waals surface area (Å²) in [4.78, 5) is 5.24. The van der Waals surface area contributed by atoms with E-state index >= 15 is 0 Å². The maximum Gasteiger partial charge on any atom is 0.0234 e. The number of rotatable bonds is 3. The highest BCUT2D eigenvalue weighted by Gasteiger charge is 2.34. The molecule has 2 heteroatoms. The molecule has 0 amide bonds. The predicted octanol–water partition coefficient (Wildman–Crippen LogP) is 3.00.